The maximum absolute atomic E-state index is 12.5. The van der Waals surface area contributed by atoms with Gasteiger partial charge in [-0.15, -0.1) is 0 Å². The van der Waals surface area contributed by atoms with Crippen LogP contribution in [0, 0.1) is 5.92 Å². The SMILES string of the molecule is C=CCOC(=O)[C@@H](NC)[C@H](O[Si](C)(C)C(C)(C)C)[C@H](C)C/C=C/C(=O)O. The number of ether oxygens (including phenoxy) is 1. The summed E-state index contributed by atoms with van der Waals surface area (Å²) in [7, 11) is -0.460. The predicted molar refractivity (Wildman–Crippen MR) is 107 cm³/mol. The van der Waals surface area contributed by atoms with Gasteiger partial charge in [0.2, 0.25) is 0 Å². The molecule has 150 valence electrons. The van der Waals surface area contributed by atoms with Crippen molar-refractivity contribution in [1.82, 2.24) is 5.32 Å². The third-order valence-corrected chi connectivity index (χ3v) is 9.28. The summed E-state index contributed by atoms with van der Waals surface area (Å²) in [6.07, 6.45) is 4.28. The van der Waals surface area contributed by atoms with Gasteiger partial charge < -0.3 is 19.6 Å². The van der Waals surface area contributed by atoms with E-state index in [0.29, 0.717) is 6.42 Å². The fourth-order valence-electron chi connectivity index (χ4n) is 2.19. The molecule has 0 fully saturated rings. The maximum atomic E-state index is 12.5. The molecule has 3 atom stereocenters. The van der Waals surface area contributed by atoms with E-state index < -0.39 is 32.4 Å². The van der Waals surface area contributed by atoms with Gasteiger partial charge in [0.1, 0.15) is 12.6 Å². The second-order valence-electron chi connectivity index (χ2n) is 7.98. The zero-order valence-electron chi connectivity index (χ0n) is 17.2. The van der Waals surface area contributed by atoms with E-state index in [1.807, 2.05) is 6.92 Å². The number of carboxylic acid groups (broad SMARTS) is 1. The molecule has 0 aliphatic carbocycles. The Morgan fingerprint density at radius 2 is 1.88 bits per heavy atom. The Kier molecular flexibility index (Phi) is 10.1. The van der Waals surface area contributed by atoms with Crippen LogP contribution in [0.3, 0.4) is 0 Å². The summed E-state index contributed by atoms with van der Waals surface area (Å²) < 4.78 is 11.8. The van der Waals surface area contributed by atoms with Crippen molar-refractivity contribution in [2.75, 3.05) is 13.7 Å². The van der Waals surface area contributed by atoms with E-state index >= 15 is 0 Å². The molecule has 6 nitrogen and oxygen atoms in total. The van der Waals surface area contributed by atoms with Crippen LogP contribution in [0.4, 0.5) is 0 Å². The third kappa shape index (κ3) is 7.84. The van der Waals surface area contributed by atoms with E-state index in [9.17, 15) is 9.59 Å². The average molecular weight is 386 g/mol. The Labute approximate surface area is 158 Å². The van der Waals surface area contributed by atoms with Crippen LogP contribution in [0.2, 0.25) is 18.1 Å². The highest BCUT2D eigenvalue weighted by molar-refractivity contribution is 6.74. The lowest BCUT2D eigenvalue weighted by Gasteiger charge is -2.42. The van der Waals surface area contributed by atoms with Gasteiger partial charge in [-0.25, -0.2) is 4.79 Å². The van der Waals surface area contributed by atoms with Crippen molar-refractivity contribution in [1.29, 1.82) is 0 Å². The molecule has 0 rings (SSSR count). The molecule has 0 unspecified atom stereocenters. The topological polar surface area (TPSA) is 84.9 Å². The molecule has 0 saturated heterocycles. The number of carbonyl (C=O) groups excluding carboxylic acids is 1. The molecule has 0 bridgehead atoms. The minimum atomic E-state index is -2.16. The second kappa shape index (κ2) is 10.6. The zero-order chi connectivity index (χ0) is 20.5. The fourth-order valence-corrected chi connectivity index (χ4v) is 3.60. The van der Waals surface area contributed by atoms with Crippen LogP contribution in [0.15, 0.2) is 24.8 Å². The van der Waals surface area contributed by atoms with Crippen molar-refractivity contribution < 1.29 is 23.9 Å². The number of esters is 1. The van der Waals surface area contributed by atoms with Gasteiger partial charge in [0.15, 0.2) is 8.32 Å². The molecule has 0 aromatic carbocycles. The third-order valence-electron chi connectivity index (χ3n) is 4.80. The summed E-state index contributed by atoms with van der Waals surface area (Å²) in [5.74, 6) is -1.46. The molecule has 0 aliphatic heterocycles. The molecule has 0 aliphatic rings. The maximum Gasteiger partial charge on any atom is 0.327 e. The van der Waals surface area contributed by atoms with Gasteiger partial charge in [-0.05, 0) is 37.5 Å². The number of nitrogens with one attached hydrogen (secondary N) is 1. The van der Waals surface area contributed by atoms with Gasteiger partial charge in [0.05, 0.1) is 6.10 Å². The highest BCUT2D eigenvalue weighted by atomic mass is 28.4. The highest BCUT2D eigenvalue weighted by Crippen LogP contribution is 2.39. The molecule has 0 aromatic rings. The van der Waals surface area contributed by atoms with Crippen LogP contribution in [0.1, 0.15) is 34.1 Å². The number of carbonyl (C=O) groups is 2. The van der Waals surface area contributed by atoms with E-state index in [0.717, 1.165) is 6.08 Å². The van der Waals surface area contributed by atoms with Crippen molar-refractivity contribution in [3.05, 3.63) is 24.8 Å². The van der Waals surface area contributed by atoms with Crippen LogP contribution in [-0.4, -0.2) is 51.2 Å². The molecule has 0 spiro atoms. The van der Waals surface area contributed by atoms with E-state index in [-0.39, 0.29) is 17.6 Å². The van der Waals surface area contributed by atoms with Crippen LogP contribution in [0.25, 0.3) is 0 Å². The molecule has 0 aromatic heterocycles. The number of likely N-dealkylation sites (N-methyl/N-ethyl adjacent to an activating group) is 1. The monoisotopic (exact) mass is 385 g/mol. The fraction of sp³-hybridized carbons (Fsp3) is 0.684. The minimum absolute atomic E-state index is 0.0226. The number of carboxylic acids is 1. The van der Waals surface area contributed by atoms with Crippen LogP contribution in [-0.2, 0) is 18.8 Å². The van der Waals surface area contributed by atoms with Gasteiger partial charge in [-0.2, -0.15) is 0 Å². The Morgan fingerprint density at radius 1 is 1.31 bits per heavy atom. The normalized spacial score (nSPS) is 16.1. The number of allylic oxidation sites excluding steroid dienone is 1. The van der Waals surface area contributed by atoms with Crippen molar-refractivity contribution >= 4 is 20.3 Å². The molecular formula is C19H35NO5Si. The van der Waals surface area contributed by atoms with Crippen LogP contribution < -0.4 is 5.32 Å². The van der Waals surface area contributed by atoms with Gasteiger partial charge in [-0.1, -0.05) is 46.4 Å². The number of hydrogen-bond donors (Lipinski definition) is 2. The Morgan fingerprint density at radius 3 is 2.31 bits per heavy atom. The predicted octanol–water partition coefficient (Wildman–Crippen LogP) is 3.36. The van der Waals surface area contributed by atoms with E-state index in [2.05, 4.69) is 45.8 Å². The van der Waals surface area contributed by atoms with Gasteiger partial charge in [0, 0.05) is 6.08 Å². The summed E-state index contributed by atoms with van der Waals surface area (Å²) in [6, 6.07) is -0.641. The molecule has 26 heavy (non-hydrogen) atoms. The number of rotatable bonds is 11. The molecule has 0 heterocycles. The molecule has 7 heteroatoms. The first-order valence-corrected chi connectivity index (χ1v) is 11.8. The van der Waals surface area contributed by atoms with E-state index in [1.165, 1.54) is 6.08 Å². The standard InChI is InChI=1S/C19H35NO5Si/c1-9-13-24-18(23)16(20-6)17(14(2)11-10-12-15(21)22)25-26(7,8)19(3,4)5/h9-10,12,14,16-17,20H,1,11,13H2,2-8H3,(H,21,22)/b12-10+/t14-,16+,17-/m1/s1. The van der Waals surface area contributed by atoms with Crippen LogP contribution >= 0.6 is 0 Å². The summed E-state index contributed by atoms with van der Waals surface area (Å²) in [5.41, 5.74) is 0. The summed E-state index contributed by atoms with van der Waals surface area (Å²) in [6.45, 7) is 16.3. The van der Waals surface area contributed by atoms with E-state index in [1.54, 1.807) is 13.1 Å². The largest absolute Gasteiger partial charge is 0.478 e. The average Bonchev–Trinajstić information content (AvgIpc) is 2.50. The molecular weight excluding hydrogens is 350 g/mol. The zero-order valence-corrected chi connectivity index (χ0v) is 18.2. The van der Waals surface area contributed by atoms with Gasteiger partial charge in [0.25, 0.3) is 0 Å². The lowest BCUT2D eigenvalue weighted by Crippen LogP contribution is -2.55. The van der Waals surface area contributed by atoms with Crippen molar-refractivity contribution in [2.24, 2.45) is 5.92 Å². The smallest absolute Gasteiger partial charge is 0.327 e. The summed E-state index contributed by atoms with van der Waals surface area (Å²) in [4.78, 5) is 23.2. The quantitative estimate of drug-likeness (QED) is 0.245. The van der Waals surface area contributed by atoms with E-state index in [4.69, 9.17) is 14.3 Å². The summed E-state index contributed by atoms with van der Waals surface area (Å²) in [5, 5.41) is 11.8. The molecule has 0 amide bonds. The lowest BCUT2D eigenvalue weighted by molar-refractivity contribution is -0.148. The molecule has 2 N–H and O–H groups in total. The van der Waals surface area contributed by atoms with Gasteiger partial charge >= 0.3 is 11.9 Å². The summed E-state index contributed by atoms with van der Waals surface area (Å²) >= 11 is 0. The number of hydrogen-bond acceptors (Lipinski definition) is 5. The van der Waals surface area contributed by atoms with Crippen molar-refractivity contribution in [2.45, 2.75) is 64.4 Å². The van der Waals surface area contributed by atoms with Crippen molar-refractivity contribution in [3.63, 3.8) is 0 Å². The number of aliphatic carboxylic acids is 1. The molecule has 0 saturated carbocycles. The van der Waals surface area contributed by atoms with Crippen molar-refractivity contribution in [3.8, 4) is 0 Å². The first kappa shape index (κ1) is 24.6. The lowest BCUT2D eigenvalue weighted by atomic mass is 9.94. The Hall–Kier alpha value is -1.44. The first-order valence-electron chi connectivity index (χ1n) is 8.89. The Bertz CT molecular complexity index is 511. The Balaban J connectivity index is 5.58. The van der Waals surface area contributed by atoms with Crippen LogP contribution in [0.5, 0.6) is 0 Å². The highest BCUT2D eigenvalue weighted by Gasteiger charge is 2.43. The minimum Gasteiger partial charge on any atom is -0.478 e. The molecule has 0 radical (unpaired) electrons. The first-order chi connectivity index (χ1) is 11.9. The second-order valence-corrected chi connectivity index (χ2v) is 12.7. The van der Waals surface area contributed by atoms with Gasteiger partial charge in [-0.3, -0.25) is 4.79 Å².